The molecule has 0 aromatic heterocycles. The first-order valence-electron chi connectivity index (χ1n) is 9.99. The first-order chi connectivity index (χ1) is 14.4. The molecule has 2 aromatic carbocycles. The predicted molar refractivity (Wildman–Crippen MR) is 114 cm³/mol. The molecule has 0 radical (unpaired) electrons. The number of anilines is 1. The first-order valence-corrected chi connectivity index (χ1v) is 9.99. The average molecular weight is 406 g/mol. The second-order valence-electron chi connectivity index (χ2n) is 7.94. The molecule has 1 aliphatic heterocycles. The summed E-state index contributed by atoms with van der Waals surface area (Å²) >= 11 is 0. The minimum absolute atomic E-state index is 0.105. The Kier molecular flexibility index (Phi) is 6.70. The minimum atomic E-state index is -0.282. The van der Waals surface area contributed by atoms with Crippen LogP contribution in [0.15, 0.2) is 42.5 Å². The maximum Gasteiger partial charge on any atom is 0.322 e. The molecule has 0 bridgehead atoms. The zero-order valence-corrected chi connectivity index (χ0v) is 17.2. The number of amides is 3. The topological polar surface area (TPSA) is 105 Å². The third-order valence-corrected chi connectivity index (χ3v) is 5.05. The van der Waals surface area contributed by atoms with Crippen molar-refractivity contribution in [1.82, 2.24) is 10.2 Å². The van der Waals surface area contributed by atoms with Crippen molar-refractivity contribution in [3.05, 3.63) is 64.7 Å². The van der Waals surface area contributed by atoms with Crippen LogP contribution in [0.4, 0.5) is 10.5 Å². The molecule has 0 aliphatic carbocycles. The molecule has 3 amide bonds. The fraction of sp³-hybridized carbons (Fsp3) is 0.348. The van der Waals surface area contributed by atoms with E-state index in [4.69, 9.17) is 5.26 Å². The molecular weight excluding hydrogens is 380 g/mol. The molecule has 0 saturated heterocycles. The van der Waals surface area contributed by atoms with Gasteiger partial charge < -0.3 is 20.6 Å². The second kappa shape index (κ2) is 9.42. The molecule has 2 aromatic rings. The summed E-state index contributed by atoms with van der Waals surface area (Å²) in [7, 11) is 0. The van der Waals surface area contributed by atoms with Crippen LogP contribution < -0.4 is 10.6 Å². The minimum Gasteiger partial charge on any atom is -0.394 e. The molecule has 3 rings (SSSR count). The van der Waals surface area contributed by atoms with Gasteiger partial charge in [0, 0.05) is 24.3 Å². The van der Waals surface area contributed by atoms with Crippen LogP contribution in [0, 0.1) is 17.2 Å². The van der Waals surface area contributed by atoms with E-state index in [1.807, 2.05) is 26.0 Å². The highest BCUT2D eigenvalue weighted by molar-refractivity contribution is 5.95. The van der Waals surface area contributed by atoms with Crippen LogP contribution >= 0.6 is 0 Å². The van der Waals surface area contributed by atoms with Crippen LogP contribution in [-0.4, -0.2) is 34.6 Å². The van der Waals surface area contributed by atoms with Gasteiger partial charge in [0.25, 0.3) is 5.91 Å². The molecule has 0 fully saturated rings. The Morgan fingerprint density at radius 2 is 1.83 bits per heavy atom. The normalized spacial score (nSPS) is 13.5. The van der Waals surface area contributed by atoms with Crippen molar-refractivity contribution in [3.63, 3.8) is 0 Å². The Hall–Kier alpha value is -3.37. The van der Waals surface area contributed by atoms with E-state index in [1.54, 1.807) is 35.2 Å². The first kappa shape index (κ1) is 21.3. The fourth-order valence-electron chi connectivity index (χ4n) is 3.53. The number of nitrogens with zero attached hydrogens (tertiary/aromatic N) is 2. The van der Waals surface area contributed by atoms with Crippen LogP contribution in [0.5, 0.6) is 0 Å². The summed E-state index contributed by atoms with van der Waals surface area (Å²) in [4.78, 5) is 26.6. The lowest BCUT2D eigenvalue weighted by Crippen LogP contribution is -2.38. The van der Waals surface area contributed by atoms with Crippen molar-refractivity contribution >= 4 is 17.6 Å². The third kappa shape index (κ3) is 5.16. The summed E-state index contributed by atoms with van der Waals surface area (Å²) in [5, 5.41) is 24.1. The lowest BCUT2D eigenvalue weighted by Gasteiger charge is -2.18. The van der Waals surface area contributed by atoms with Crippen molar-refractivity contribution in [2.45, 2.75) is 39.4 Å². The molecule has 1 atom stereocenters. The van der Waals surface area contributed by atoms with E-state index in [1.165, 1.54) is 0 Å². The summed E-state index contributed by atoms with van der Waals surface area (Å²) in [6, 6.07) is 13.7. The summed E-state index contributed by atoms with van der Waals surface area (Å²) in [6.07, 6.45) is 0.699. The van der Waals surface area contributed by atoms with E-state index in [-0.39, 0.29) is 24.6 Å². The summed E-state index contributed by atoms with van der Waals surface area (Å²) in [6.45, 7) is 4.91. The van der Waals surface area contributed by atoms with E-state index in [0.29, 0.717) is 42.2 Å². The Balaban J connectivity index is 1.57. The van der Waals surface area contributed by atoms with Gasteiger partial charge in [-0.25, -0.2) is 4.79 Å². The Morgan fingerprint density at radius 1 is 1.13 bits per heavy atom. The highest BCUT2D eigenvalue weighted by Gasteiger charge is 2.23. The number of hydrogen-bond donors (Lipinski definition) is 3. The molecule has 156 valence electrons. The molecule has 1 unspecified atom stereocenters. The molecule has 30 heavy (non-hydrogen) atoms. The number of benzene rings is 2. The number of aliphatic hydroxyl groups excluding tert-OH is 1. The van der Waals surface area contributed by atoms with Crippen molar-refractivity contribution < 1.29 is 14.7 Å². The number of carbonyl (C=O) groups is 2. The molecule has 1 aliphatic rings. The molecule has 7 nitrogen and oxygen atoms in total. The van der Waals surface area contributed by atoms with Gasteiger partial charge in [0.15, 0.2) is 0 Å². The third-order valence-electron chi connectivity index (χ3n) is 5.05. The van der Waals surface area contributed by atoms with Crippen LogP contribution in [0.25, 0.3) is 0 Å². The Labute approximate surface area is 176 Å². The van der Waals surface area contributed by atoms with Crippen molar-refractivity contribution in [3.8, 4) is 6.07 Å². The number of hydrogen-bond acceptors (Lipinski definition) is 4. The molecule has 3 N–H and O–H groups in total. The zero-order valence-electron chi connectivity index (χ0n) is 17.2. The zero-order chi connectivity index (χ0) is 21.7. The number of aliphatic hydroxyl groups is 1. The van der Waals surface area contributed by atoms with E-state index in [0.717, 1.165) is 11.1 Å². The van der Waals surface area contributed by atoms with E-state index < -0.39 is 0 Å². The van der Waals surface area contributed by atoms with E-state index in [9.17, 15) is 14.7 Å². The van der Waals surface area contributed by atoms with Gasteiger partial charge in [-0.3, -0.25) is 4.79 Å². The smallest absolute Gasteiger partial charge is 0.322 e. The van der Waals surface area contributed by atoms with Gasteiger partial charge in [0.1, 0.15) is 0 Å². The van der Waals surface area contributed by atoms with Gasteiger partial charge in [0.2, 0.25) is 0 Å². The van der Waals surface area contributed by atoms with Crippen molar-refractivity contribution in [2.75, 3.05) is 11.9 Å². The summed E-state index contributed by atoms with van der Waals surface area (Å²) in [5.41, 5.74) is 3.66. The van der Waals surface area contributed by atoms with Crippen LogP contribution in [-0.2, 0) is 13.1 Å². The number of rotatable bonds is 6. The number of carbonyl (C=O) groups excluding carboxylic acids is 2. The summed E-state index contributed by atoms with van der Waals surface area (Å²) < 4.78 is 0. The van der Waals surface area contributed by atoms with E-state index >= 15 is 0 Å². The number of nitriles is 1. The van der Waals surface area contributed by atoms with Crippen LogP contribution in [0.1, 0.15) is 47.3 Å². The summed E-state index contributed by atoms with van der Waals surface area (Å²) in [5.74, 6) is 0.110. The maximum atomic E-state index is 12.6. The molecule has 0 saturated carbocycles. The predicted octanol–water partition coefficient (Wildman–Crippen LogP) is 3.24. The fourth-order valence-corrected chi connectivity index (χ4v) is 3.53. The Bertz CT molecular complexity index is 963. The van der Waals surface area contributed by atoms with E-state index in [2.05, 4.69) is 16.7 Å². The molecular formula is C23H26N4O3. The van der Waals surface area contributed by atoms with Gasteiger partial charge >= 0.3 is 6.03 Å². The largest absolute Gasteiger partial charge is 0.394 e. The van der Waals surface area contributed by atoms with Gasteiger partial charge in [-0.1, -0.05) is 19.9 Å². The Morgan fingerprint density at radius 3 is 2.47 bits per heavy atom. The number of nitrogens with one attached hydrogen (secondary N) is 2. The van der Waals surface area contributed by atoms with Crippen molar-refractivity contribution in [2.24, 2.45) is 5.92 Å². The highest BCUT2D eigenvalue weighted by Crippen LogP contribution is 2.24. The van der Waals surface area contributed by atoms with Crippen LogP contribution in [0.3, 0.4) is 0 Å². The van der Waals surface area contributed by atoms with Gasteiger partial charge in [-0.2, -0.15) is 5.26 Å². The highest BCUT2D eigenvalue weighted by atomic mass is 16.3. The molecule has 0 spiro atoms. The quantitative estimate of drug-likeness (QED) is 0.685. The average Bonchev–Trinajstić information content (AvgIpc) is 3.16. The van der Waals surface area contributed by atoms with Crippen LogP contribution in [0.2, 0.25) is 0 Å². The second-order valence-corrected chi connectivity index (χ2v) is 7.94. The SMILES string of the molecule is CC(C)CC(CO)NC(=O)c1ccc(NC(=O)N2Cc3ccc(C#N)cc3C2)cc1. The lowest BCUT2D eigenvalue weighted by molar-refractivity contribution is 0.0908. The molecule has 1 heterocycles. The number of urea groups is 1. The maximum absolute atomic E-state index is 12.6. The molecule has 7 heteroatoms. The standard InChI is InChI=1S/C23H26N4O3/c1-15(2)9-21(14-28)25-22(29)17-5-7-20(8-6-17)26-23(30)27-12-18-4-3-16(11-24)10-19(18)13-27/h3-8,10,15,21,28H,9,12-14H2,1-2H3,(H,25,29)(H,26,30). The van der Waals surface area contributed by atoms with Crippen molar-refractivity contribution in [1.29, 1.82) is 5.26 Å². The monoisotopic (exact) mass is 406 g/mol. The number of fused-ring (bicyclic) bond motifs is 1. The van der Waals surface area contributed by atoms with Gasteiger partial charge in [0.05, 0.1) is 24.3 Å². The lowest BCUT2D eigenvalue weighted by atomic mass is 10.0. The van der Waals surface area contributed by atoms with Gasteiger partial charge in [-0.15, -0.1) is 0 Å². The van der Waals surface area contributed by atoms with Gasteiger partial charge in [-0.05, 0) is 59.9 Å².